The molecule has 0 fully saturated rings. The molecule has 0 aromatic heterocycles. The molecule has 0 saturated heterocycles. The van der Waals surface area contributed by atoms with Crippen LogP contribution in [0.25, 0.3) is 0 Å². The van der Waals surface area contributed by atoms with Crippen LogP contribution in [0.3, 0.4) is 0 Å². The number of amides is 1. The Morgan fingerprint density at radius 1 is 1.04 bits per heavy atom. The molecule has 7 nitrogen and oxygen atoms in total. The van der Waals surface area contributed by atoms with E-state index < -0.39 is 6.10 Å². The Morgan fingerprint density at radius 3 is 2.28 bits per heavy atom. The summed E-state index contributed by atoms with van der Waals surface area (Å²) in [5.41, 5.74) is 0.502. The number of carbonyl (C=O) groups excluding carboxylic acids is 1. The van der Waals surface area contributed by atoms with E-state index in [-0.39, 0.29) is 12.5 Å². The summed E-state index contributed by atoms with van der Waals surface area (Å²) in [6.45, 7) is 0.132. The minimum atomic E-state index is -0.756. The van der Waals surface area contributed by atoms with Crippen LogP contribution in [-0.4, -0.2) is 39.9 Å². The number of hydrogen-bond acceptors (Lipinski definition) is 6. The lowest BCUT2D eigenvalue weighted by Gasteiger charge is -2.25. The molecule has 7 heteroatoms. The van der Waals surface area contributed by atoms with Crippen molar-refractivity contribution >= 4 is 11.6 Å². The second kappa shape index (κ2) is 7.21. The van der Waals surface area contributed by atoms with E-state index in [1.807, 2.05) is 12.1 Å². The summed E-state index contributed by atoms with van der Waals surface area (Å²) in [6.07, 6.45) is -0.756. The molecular weight excluding hydrogens is 326 g/mol. The van der Waals surface area contributed by atoms with Crippen molar-refractivity contribution in [1.82, 2.24) is 0 Å². The van der Waals surface area contributed by atoms with Gasteiger partial charge in [-0.05, 0) is 12.1 Å². The molecule has 0 bridgehead atoms. The van der Waals surface area contributed by atoms with Crippen LogP contribution in [0, 0.1) is 0 Å². The Bertz CT molecular complexity index is 751. The van der Waals surface area contributed by atoms with Crippen LogP contribution < -0.4 is 29.0 Å². The third kappa shape index (κ3) is 3.40. The van der Waals surface area contributed by atoms with E-state index in [4.69, 9.17) is 23.7 Å². The molecule has 0 aliphatic carbocycles. The van der Waals surface area contributed by atoms with Crippen molar-refractivity contribution in [2.75, 3.05) is 33.3 Å². The average molecular weight is 345 g/mol. The fourth-order valence-electron chi connectivity index (χ4n) is 2.52. The first kappa shape index (κ1) is 16.8. The zero-order valence-electron chi connectivity index (χ0n) is 14.2. The first-order chi connectivity index (χ1) is 12.2. The molecule has 0 spiro atoms. The molecule has 0 saturated carbocycles. The number of carbonyl (C=O) groups is 1. The summed E-state index contributed by atoms with van der Waals surface area (Å²) < 4.78 is 27.1. The lowest BCUT2D eigenvalue weighted by molar-refractivity contribution is -0.125. The Morgan fingerprint density at radius 2 is 1.68 bits per heavy atom. The zero-order chi connectivity index (χ0) is 17.8. The second-order valence-electron chi connectivity index (χ2n) is 5.27. The van der Waals surface area contributed by atoms with Gasteiger partial charge in [0, 0.05) is 17.8 Å². The summed E-state index contributed by atoms with van der Waals surface area (Å²) in [7, 11) is 4.54. The van der Waals surface area contributed by atoms with Gasteiger partial charge in [0.2, 0.25) is 11.9 Å². The molecule has 1 amide bonds. The van der Waals surface area contributed by atoms with Gasteiger partial charge >= 0.3 is 0 Å². The van der Waals surface area contributed by atoms with Crippen molar-refractivity contribution in [3.63, 3.8) is 0 Å². The first-order valence-electron chi connectivity index (χ1n) is 7.65. The molecule has 0 radical (unpaired) electrons. The first-order valence-corrected chi connectivity index (χ1v) is 7.65. The van der Waals surface area contributed by atoms with Gasteiger partial charge in [0.25, 0.3) is 5.91 Å². The predicted molar refractivity (Wildman–Crippen MR) is 91.1 cm³/mol. The SMILES string of the molecule is COc1cc(NC(=O)[C@H]2COc3ccccc3O2)cc(OC)c1OC. The van der Waals surface area contributed by atoms with Crippen molar-refractivity contribution < 1.29 is 28.5 Å². The molecule has 1 aliphatic rings. The van der Waals surface area contributed by atoms with Crippen LogP contribution in [0.15, 0.2) is 36.4 Å². The van der Waals surface area contributed by atoms with E-state index in [1.165, 1.54) is 21.3 Å². The van der Waals surface area contributed by atoms with Crippen molar-refractivity contribution in [3.05, 3.63) is 36.4 Å². The summed E-state index contributed by atoms with van der Waals surface area (Å²) in [4.78, 5) is 12.5. The van der Waals surface area contributed by atoms with Crippen molar-refractivity contribution in [2.24, 2.45) is 0 Å². The van der Waals surface area contributed by atoms with E-state index in [2.05, 4.69) is 5.32 Å². The van der Waals surface area contributed by atoms with Gasteiger partial charge in [-0.3, -0.25) is 4.79 Å². The number of hydrogen-bond donors (Lipinski definition) is 1. The molecule has 25 heavy (non-hydrogen) atoms. The minimum absolute atomic E-state index is 0.132. The molecule has 1 atom stereocenters. The number of ether oxygens (including phenoxy) is 5. The Kier molecular flexibility index (Phi) is 4.83. The fraction of sp³-hybridized carbons (Fsp3) is 0.278. The Balaban J connectivity index is 1.77. The highest BCUT2D eigenvalue weighted by Crippen LogP contribution is 2.40. The molecule has 1 heterocycles. The molecule has 0 unspecified atom stereocenters. The van der Waals surface area contributed by atoms with Crippen LogP contribution >= 0.6 is 0 Å². The number of methoxy groups -OCH3 is 3. The number of nitrogens with one attached hydrogen (secondary N) is 1. The van der Waals surface area contributed by atoms with Gasteiger partial charge in [-0.25, -0.2) is 0 Å². The standard InChI is InChI=1S/C18H19NO6/c1-21-14-8-11(9-15(22-2)17(14)23-3)19-18(20)16-10-24-12-6-4-5-7-13(12)25-16/h4-9,16H,10H2,1-3H3,(H,19,20)/t16-/m1/s1. The quantitative estimate of drug-likeness (QED) is 0.897. The van der Waals surface area contributed by atoms with E-state index in [0.29, 0.717) is 34.4 Å². The smallest absolute Gasteiger partial charge is 0.269 e. The Hall–Kier alpha value is -3.09. The molecular formula is C18H19NO6. The van der Waals surface area contributed by atoms with Crippen LogP contribution in [0.4, 0.5) is 5.69 Å². The molecule has 3 rings (SSSR count). The van der Waals surface area contributed by atoms with Gasteiger partial charge in [-0.2, -0.15) is 0 Å². The summed E-state index contributed by atoms with van der Waals surface area (Å²) in [5, 5.41) is 2.78. The number of anilines is 1. The lowest BCUT2D eigenvalue weighted by atomic mass is 10.2. The highest BCUT2D eigenvalue weighted by molar-refractivity contribution is 5.95. The average Bonchev–Trinajstić information content (AvgIpc) is 2.66. The van der Waals surface area contributed by atoms with Crippen LogP contribution in [0.1, 0.15) is 0 Å². The van der Waals surface area contributed by atoms with Crippen LogP contribution in [0.5, 0.6) is 28.7 Å². The normalized spacial score (nSPS) is 15.2. The third-order valence-electron chi connectivity index (χ3n) is 3.73. The maximum atomic E-state index is 12.5. The van der Waals surface area contributed by atoms with Gasteiger partial charge in [-0.1, -0.05) is 12.1 Å². The number of benzene rings is 2. The monoisotopic (exact) mass is 345 g/mol. The highest BCUT2D eigenvalue weighted by Gasteiger charge is 2.27. The lowest BCUT2D eigenvalue weighted by Crippen LogP contribution is -2.40. The molecule has 2 aromatic rings. The molecule has 2 aromatic carbocycles. The summed E-state index contributed by atoms with van der Waals surface area (Å²) in [6, 6.07) is 10.5. The van der Waals surface area contributed by atoms with Gasteiger partial charge in [0.1, 0.15) is 6.61 Å². The third-order valence-corrected chi connectivity index (χ3v) is 3.73. The maximum Gasteiger partial charge on any atom is 0.269 e. The van der Waals surface area contributed by atoms with Crippen LogP contribution in [0.2, 0.25) is 0 Å². The van der Waals surface area contributed by atoms with Crippen molar-refractivity contribution in [2.45, 2.75) is 6.10 Å². The van der Waals surface area contributed by atoms with Crippen LogP contribution in [-0.2, 0) is 4.79 Å². The minimum Gasteiger partial charge on any atom is -0.493 e. The van der Waals surface area contributed by atoms with E-state index in [1.54, 1.807) is 24.3 Å². The van der Waals surface area contributed by atoms with Gasteiger partial charge in [0.05, 0.1) is 21.3 Å². The Labute approximate surface area is 145 Å². The highest BCUT2D eigenvalue weighted by atomic mass is 16.6. The molecule has 1 N–H and O–H groups in total. The van der Waals surface area contributed by atoms with Crippen molar-refractivity contribution in [1.29, 1.82) is 0 Å². The second-order valence-corrected chi connectivity index (χ2v) is 5.27. The summed E-state index contributed by atoms with van der Waals surface area (Å²) >= 11 is 0. The molecule has 132 valence electrons. The van der Waals surface area contributed by atoms with Gasteiger partial charge in [-0.15, -0.1) is 0 Å². The van der Waals surface area contributed by atoms with Crippen molar-refractivity contribution in [3.8, 4) is 28.7 Å². The summed E-state index contributed by atoms with van der Waals surface area (Å²) in [5.74, 6) is 2.18. The fourth-order valence-corrected chi connectivity index (χ4v) is 2.52. The number of fused-ring (bicyclic) bond motifs is 1. The largest absolute Gasteiger partial charge is 0.493 e. The predicted octanol–water partition coefficient (Wildman–Crippen LogP) is 2.49. The molecule has 1 aliphatic heterocycles. The number of rotatable bonds is 5. The van der Waals surface area contributed by atoms with E-state index in [0.717, 1.165) is 0 Å². The number of para-hydroxylation sites is 2. The maximum absolute atomic E-state index is 12.5. The van der Waals surface area contributed by atoms with E-state index in [9.17, 15) is 4.79 Å². The van der Waals surface area contributed by atoms with Gasteiger partial charge in [0.15, 0.2) is 23.0 Å². The topological polar surface area (TPSA) is 75.3 Å². The zero-order valence-corrected chi connectivity index (χ0v) is 14.2. The van der Waals surface area contributed by atoms with Gasteiger partial charge < -0.3 is 29.0 Å². The van der Waals surface area contributed by atoms with E-state index >= 15 is 0 Å².